The lowest BCUT2D eigenvalue weighted by Crippen LogP contribution is -2.11. The van der Waals surface area contributed by atoms with Crippen LogP contribution in [0.25, 0.3) is 72.7 Å². The minimum atomic E-state index is -3.37. The van der Waals surface area contributed by atoms with Crippen molar-refractivity contribution in [3.8, 4) is 67.5 Å². The summed E-state index contributed by atoms with van der Waals surface area (Å²) in [4.78, 5) is 10.1. The topological polar surface area (TPSA) is 50.9 Å². The van der Waals surface area contributed by atoms with Gasteiger partial charge in [0, 0.05) is 36.7 Å². The molecule has 6 aromatic carbocycles. The second-order valence-electron chi connectivity index (χ2n) is 15.9. The summed E-state index contributed by atoms with van der Waals surface area (Å²) in [7, 11) is 0. The molecule has 57 heavy (non-hydrogen) atoms. The molecule has 0 aliphatic carbocycles. The summed E-state index contributed by atoms with van der Waals surface area (Å²) in [6.07, 6.45) is 1.66. The average molecular weight is 756 g/mol. The summed E-state index contributed by atoms with van der Waals surface area (Å²) in [5.74, 6) is -0.351. The molecule has 2 aromatic heterocycles. The molecule has 0 aliphatic heterocycles. The number of nitrogens with zero attached hydrogens (tertiary/aromatic N) is 3. The van der Waals surface area contributed by atoms with Crippen molar-refractivity contribution >= 4 is 11.0 Å². The lowest BCUT2D eigenvalue weighted by Gasteiger charge is -2.22. The van der Waals surface area contributed by atoms with Crippen LogP contribution in [-0.4, -0.2) is 19.6 Å². The van der Waals surface area contributed by atoms with Crippen LogP contribution in [0.4, 0.5) is 0 Å². The van der Waals surface area contributed by atoms with Crippen LogP contribution in [-0.2, 0) is 10.8 Å². The maximum Gasteiger partial charge on any atom is 0.149 e. The van der Waals surface area contributed by atoms with E-state index in [0.29, 0.717) is 33.7 Å². The van der Waals surface area contributed by atoms with Crippen LogP contribution in [0.1, 0.15) is 91.5 Å². The van der Waals surface area contributed by atoms with Crippen molar-refractivity contribution in [3.05, 3.63) is 168 Å². The number of aromatic nitrogens is 3. The molecule has 0 spiro atoms. The number of para-hydroxylation sites is 2. The first-order chi connectivity index (χ1) is 31.3. The van der Waals surface area contributed by atoms with E-state index in [0.717, 1.165) is 50.1 Å². The molecule has 0 bridgehead atoms. The Morgan fingerprint density at radius 3 is 2.04 bits per heavy atom. The van der Waals surface area contributed by atoms with Gasteiger partial charge in [0.2, 0.25) is 0 Å². The van der Waals surface area contributed by atoms with Gasteiger partial charge in [0.1, 0.15) is 11.6 Å². The number of aromatic hydroxyl groups is 1. The van der Waals surface area contributed by atoms with E-state index < -0.39 is 31.9 Å². The van der Waals surface area contributed by atoms with Crippen molar-refractivity contribution < 1.29 is 18.8 Å². The Morgan fingerprint density at radius 1 is 0.596 bits per heavy atom. The number of phenolic OH excluding ortho intramolecular Hbond substituents is 1. The number of rotatable bonds is 7. The Balaban J connectivity index is 1.29. The van der Waals surface area contributed by atoms with Gasteiger partial charge in [-0.2, -0.15) is 0 Å². The van der Waals surface area contributed by atoms with Gasteiger partial charge in [0.25, 0.3) is 0 Å². The van der Waals surface area contributed by atoms with Gasteiger partial charge in [0.15, 0.2) is 0 Å². The Morgan fingerprint density at radius 2 is 1.32 bits per heavy atom. The van der Waals surface area contributed by atoms with Crippen LogP contribution >= 0.6 is 0 Å². The van der Waals surface area contributed by atoms with Crippen molar-refractivity contribution in [2.75, 3.05) is 0 Å². The number of imidazole rings is 1. The third-order valence-electron chi connectivity index (χ3n) is 10.5. The molecule has 8 rings (SSSR count). The first-order valence-electron chi connectivity index (χ1n) is 24.0. The Bertz CT molecular complexity index is 3080. The molecule has 0 unspecified atom stereocenters. The largest absolute Gasteiger partial charge is 0.507 e. The third kappa shape index (κ3) is 7.40. The molecule has 4 nitrogen and oxygen atoms in total. The fourth-order valence-corrected chi connectivity index (χ4v) is 7.44. The van der Waals surface area contributed by atoms with Gasteiger partial charge in [-0.1, -0.05) is 146 Å². The summed E-state index contributed by atoms with van der Waals surface area (Å²) in [6, 6.07) is 45.0. The van der Waals surface area contributed by atoms with Gasteiger partial charge in [-0.05, 0) is 116 Å². The maximum atomic E-state index is 11.3. The number of phenols is 1. The van der Waals surface area contributed by atoms with Crippen molar-refractivity contribution in [3.63, 3.8) is 0 Å². The third-order valence-corrected chi connectivity index (χ3v) is 10.5. The van der Waals surface area contributed by atoms with Crippen LogP contribution in [0, 0.1) is 0 Å². The summed E-state index contributed by atoms with van der Waals surface area (Å²) < 4.78 is 84.7. The molecule has 0 radical (unpaired) electrons. The molecule has 0 aliphatic rings. The first kappa shape index (κ1) is 27.4. The zero-order valence-corrected chi connectivity index (χ0v) is 32.7. The van der Waals surface area contributed by atoms with Crippen molar-refractivity contribution in [2.24, 2.45) is 0 Å². The molecule has 1 N–H and O–H groups in total. The van der Waals surface area contributed by atoms with Crippen LogP contribution in [0.5, 0.6) is 5.75 Å². The highest BCUT2D eigenvalue weighted by molar-refractivity contribution is 5.97. The minimum Gasteiger partial charge on any atom is -0.507 e. The van der Waals surface area contributed by atoms with E-state index in [9.17, 15) is 6.48 Å². The Hall–Kier alpha value is -6.26. The van der Waals surface area contributed by atoms with E-state index in [1.165, 1.54) is 12.1 Å². The van der Waals surface area contributed by atoms with Crippen molar-refractivity contribution in [2.45, 2.75) is 71.9 Å². The van der Waals surface area contributed by atoms with Gasteiger partial charge >= 0.3 is 0 Å². The van der Waals surface area contributed by atoms with Crippen molar-refractivity contribution in [1.82, 2.24) is 14.5 Å². The number of benzene rings is 6. The second-order valence-corrected chi connectivity index (χ2v) is 15.9. The summed E-state index contributed by atoms with van der Waals surface area (Å²) >= 11 is 0. The zero-order chi connectivity index (χ0) is 48.5. The highest BCUT2D eigenvalue weighted by atomic mass is 16.3. The van der Waals surface area contributed by atoms with Gasteiger partial charge in [0.05, 0.1) is 22.3 Å². The Kier molecular flexibility index (Phi) is 7.04. The quantitative estimate of drug-likeness (QED) is 0.176. The van der Waals surface area contributed by atoms with E-state index in [1.54, 1.807) is 36.5 Å². The Labute approximate surface area is 351 Å². The molecule has 0 atom stereocenters. The van der Waals surface area contributed by atoms with Gasteiger partial charge < -0.3 is 5.11 Å². The number of pyridine rings is 1. The van der Waals surface area contributed by atoms with E-state index in [4.69, 9.17) is 22.3 Å². The highest BCUT2D eigenvalue weighted by Gasteiger charge is 2.23. The smallest absolute Gasteiger partial charge is 0.149 e. The molecule has 0 amide bonds. The molecule has 2 heterocycles. The van der Waals surface area contributed by atoms with Gasteiger partial charge in [-0.15, -0.1) is 0 Å². The zero-order valence-electron chi connectivity index (χ0n) is 42.7. The van der Waals surface area contributed by atoms with Crippen LogP contribution in [0.2, 0.25) is 0 Å². The molecule has 8 aromatic rings. The molecule has 0 fully saturated rings. The van der Waals surface area contributed by atoms with E-state index in [1.807, 2.05) is 103 Å². The molecule has 4 heteroatoms. The van der Waals surface area contributed by atoms with Crippen LogP contribution < -0.4 is 0 Å². The lowest BCUT2D eigenvalue weighted by atomic mass is 9.83. The lowest BCUT2D eigenvalue weighted by molar-refractivity contribution is 0.477. The van der Waals surface area contributed by atoms with Gasteiger partial charge in [-0.3, -0.25) is 9.55 Å². The fraction of sp³-hybridized carbons (Fsp3) is 0.208. The second kappa shape index (κ2) is 14.7. The molecule has 0 saturated heterocycles. The summed E-state index contributed by atoms with van der Waals surface area (Å²) in [6.45, 7) is 0.0634. The standard InChI is InChI=1S/C53H51N3O/c1-34(2)46-33-42(25-26-43(46)36-15-10-9-11-16-36)56-48-19-14-18-44(50(48)55-51(56)45-17-12-13-20-49(45)57)38-29-39(31-41(30-38)53(6,7)8)47-32-37(27-28-54-47)35-21-23-40(24-22-35)52(3,4)5/h9-34,57H,1-8H3/i3D3,4D3,5D3,34D. The monoisotopic (exact) mass is 755 g/mol. The van der Waals surface area contributed by atoms with Crippen LogP contribution in [0.3, 0.4) is 0 Å². The molecule has 0 saturated carbocycles. The summed E-state index contributed by atoms with van der Waals surface area (Å²) in [5, 5.41) is 11.3. The normalized spacial score (nSPS) is 15.5. The average Bonchev–Trinajstić information content (AvgIpc) is 3.64. The van der Waals surface area contributed by atoms with E-state index >= 15 is 0 Å². The van der Waals surface area contributed by atoms with Crippen LogP contribution in [0.15, 0.2) is 152 Å². The SMILES string of the molecule is [2H]C(C)(C)c1cc(-n2c(-c3ccccc3O)nc3c(-c4cc(-c5cc(-c6ccc(C(C([2H])([2H])[2H])(C([2H])([2H])[2H])C([2H])([2H])[2H])cc6)ccn5)cc(C(C)(C)C)c4)cccc32)ccc1-c1ccccc1. The first-order valence-corrected chi connectivity index (χ1v) is 19.0. The number of fused-ring (bicyclic) bond motifs is 1. The molecule has 284 valence electrons. The van der Waals surface area contributed by atoms with Crippen molar-refractivity contribution in [1.29, 1.82) is 0 Å². The fourth-order valence-electron chi connectivity index (χ4n) is 7.44. The maximum absolute atomic E-state index is 11.3. The number of hydrogen-bond donors (Lipinski definition) is 1. The predicted octanol–water partition coefficient (Wildman–Crippen LogP) is 14.2. The highest BCUT2D eigenvalue weighted by Crippen LogP contribution is 2.41. The molecular formula is C53H51N3O. The van der Waals surface area contributed by atoms with E-state index in [2.05, 4.69) is 39.0 Å². The molecular weight excluding hydrogens is 695 g/mol. The predicted molar refractivity (Wildman–Crippen MR) is 239 cm³/mol. The minimum absolute atomic E-state index is 0.0753. The van der Waals surface area contributed by atoms with E-state index in [-0.39, 0.29) is 16.7 Å². The number of hydrogen-bond acceptors (Lipinski definition) is 3. The summed E-state index contributed by atoms with van der Waals surface area (Å²) in [5.41, 5.74) is 7.39. The van der Waals surface area contributed by atoms with Gasteiger partial charge in [-0.25, -0.2) is 4.98 Å².